The number of ether oxygens (including phenoxy) is 2. The molecule has 0 aromatic rings. The van der Waals surface area contributed by atoms with Gasteiger partial charge < -0.3 is 121 Å². The van der Waals surface area contributed by atoms with Crippen LogP contribution in [0.15, 0.2) is 0 Å². The average molecular weight is 1600 g/mol. The lowest BCUT2D eigenvalue weighted by atomic mass is 9.85. The number of nitrogens with two attached hydrogens (primary N) is 4. The number of fused-ring (bicyclic) bond motifs is 1. The summed E-state index contributed by atoms with van der Waals surface area (Å²) in [7, 11) is 2.31. The number of carboxylic acids is 2. The largest absolute Gasteiger partial charge is 0.481 e. The van der Waals surface area contributed by atoms with E-state index < -0.39 is 266 Å². The van der Waals surface area contributed by atoms with E-state index in [4.69, 9.17) is 32.4 Å². The molecule has 2 rings (SSSR count). The van der Waals surface area contributed by atoms with Crippen molar-refractivity contribution in [1.82, 2.24) is 57.7 Å². The van der Waals surface area contributed by atoms with Gasteiger partial charge in [0, 0.05) is 39.5 Å². The average Bonchev–Trinajstić information content (AvgIpc) is 0.850. The number of carbonyl (C=O) groups excluding carboxylic acids is 14. The third kappa shape index (κ3) is 30.6. The van der Waals surface area contributed by atoms with Crippen LogP contribution in [0.25, 0.3) is 0 Å². The number of aliphatic hydroxyl groups excluding tert-OH is 4. The second-order valence-corrected chi connectivity index (χ2v) is 30.5. The first-order valence-corrected chi connectivity index (χ1v) is 38.5. The van der Waals surface area contributed by atoms with Crippen LogP contribution in [0.2, 0.25) is 0 Å². The van der Waals surface area contributed by atoms with Crippen LogP contribution in [0.1, 0.15) is 179 Å². The zero-order chi connectivity index (χ0) is 85.5. The number of likely N-dealkylation sites (N-methyl/N-ethyl adjacent to an activating group) is 1. The number of rotatable bonds is 39. The van der Waals surface area contributed by atoms with Gasteiger partial charge in [0.15, 0.2) is 6.10 Å². The van der Waals surface area contributed by atoms with Gasteiger partial charge in [0.1, 0.15) is 72.6 Å². The number of nitrogens with one attached hydrogen (secondary N) is 9. The number of aliphatic carboxylic acids is 2. The van der Waals surface area contributed by atoms with Gasteiger partial charge in [0.2, 0.25) is 70.9 Å². The van der Waals surface area contributed by atoms with E-state index in [0.717, 1.165) is 30.4 Å². The highest BCUT2D eigenvalue weighted by Gasteiger charge is 2.48. The molecule has 112 heavy (non-hydrogen) atoms. The van der Waals surface area contributed by atoms with E-state index >= 15 is 19.2 Å². The Kier molecular flexibility index (Phi) is 42.9. The van der Waals surface area contributed by atoms with Crippen LogP contribution in [0.3, 0.4) is 0 Å². The van der Waals surface area contributed by atoms with Gasteiger partial charge in [-0.05, 0) is 126 Å². The molecule has 0 spiro atoms. The Morgan fingerprint density at radius 1 is 0.643 bits per heavy atom. The van der Waals surface area contributed by atoms with Crippen LogP contribution in [-0.2, 0) is 86.2 Å². The predicted molar refractivity (Wildman–Crippen MR) is 402 cm³/mol. The van der Waals surface area contributed by atoms with E-state index in [2.05, 4.69) is 47.9 Å². The number of nitrogens with zero attached hydrogens (tertiary/aromatic N) is 2. The summed E-state index contributed by atoms with van der Waals surface area (Å²) in [6.07, 6.45) is -12.2. The quantitative estimate of drug-likeness (QED) is 0.0258. The minimum absolute atomic E-state index is 0.0138. The lowest BCUT2D eigenvalue weighted by Crippen LogP contribution is -2.65. The van der Waals surface area contributed by atoms with E-state index in [0.29, 0.717) is 6.42 Å². The molecule has 39 nitrogen and oxygen atoms in total. The number of carbonyl (C=O) groups is 16. The Balaban J connectivity index is 3.12. The molecule has 0 bridgehead atoms. The van der Waals surface area contributed by atoms with Crippen molar-refractivity contribution in [3.05, 3.63) is 0 Å². The van der Waals surface area contributed by atoms with Crippen molar-refractivity contribution in [1.29, 1.82) is 0 Å². The number of primary amides is 2. The molecular weight excluding hydrogens is 1470 g/mol. The van der Waals surface area contributed by atoms with Gasteiger partial charge in [-0.3, -0.25) is 71.9 Å². The first-order valence-electron chi connectivity index (χ1n) is 38.5. The third-order valence-electron chi connectivity index (χ3n) is 21.1. The Labute approximate surface area is 653 Å². The minimum Gasteiger partial charge on any atom is -0.481 e. The maximum atomic E-state index is 15.5. The van der Waals surface area contributed by atoms with Crippen LogP contribution in [0.4, 0.5) is 0 Å². The molecule has 13 amide bonds. The first kappa shape index (κ1) is 99.3. The summed E-state index contributed by atoms with van der Waals surface area (Å²) < 4.78 is 11.7. The Bertz CT molecular complexity index is 3200. The number of cyclic esters (lactones) is 1. The molecule has 638 valence electrons. The van der Waals surface area contributed by atoms with Crippen LogP contribution >= 0.6 is 0 Å². The van der Waals surface area contributed by atoms with Crippen molar-refractivity contribution in [3.63, 3.8) is 0 Å². The lowest BCUT2D eigenvalue weighted by molar-refractivity contribution is -0.168. The normalized spacial score (nSPS) is 24.5. The van der Waals surface area contributed by atoms with E-state index in [9.17, 15) is 88.2 Å². The van der Waals surface area contributed by atoms with Crippen LogP contribution < -0.4 is 70.8 Å². The number of methoxy groups -OCH3 is 1. The summed E-state index contributed by atoms with van der Waals surface area (Å²) in [6.45, 7) is 17.3. The van der Waals surface area contributed by atoms with Gasteiger partial charge in [0.05, 0.1) is 37.2 Å². The number of hydrogen-bond acceptors (Lipinski definition) is 24. The number of amides is 13. The fraction of sp³-hybridized carbons (Fsp3) is 0.781. The van der Waals surface area contributed by atoms with Gasteiger partial charge in [0.25, 0.3) is 5.91 Å². The summed E-state index contributed by atoms with van der Waals surface area (Å²) in [4.78, 5) is 229. The minimum atomic E-state index is -2.73. The van der Waals surface area contributed by atoms with Crippen molar-refractivity contribution < 1.29 is 117 Å². The summed E-state index contributed by atoms with van der Waals surface area (Å²) in [5.74, 6) is -25.9. The predicted octanol–water partition coefficient (Wildman–Crippen LogP) is -4.52. The molecule has 0 aromatic heterocycles. The molecule has 2 fully saturated rings. The molecule has 2 heterocycles. The fourth-order valence-electron chi connectivity index (χ4n) is 13.1. The van der Waals surface area contributed by atoms with Crippen LogP contribution in [0, 0.1) is 47.3 Å². The molecule has 2 unspecified atom stereocenters. The molecule has 0 aliphatic carbocycles. The third-order valence-corrected chi connectivity index (χ3v) is 21.1. The van der Waals surface area contributed by atoms with Crippen LogP contribution in [0.5, 0.6) is 0 Å². The molecule has 23 N–H and O–H groups in total. The van der Waals surface area contributed by atoms with Crippen molar-refractivity contribution in [3.8, 4) is 0 Å². The smallest absolute Gasteiger partial charge is 0.329 e. The first-order chi connectivity index (χ1) is 52.3. The molecular formula is C73H127N15O24. The second kappa shape index (κ2) is 48.3. The molecule has 2 aliphatic rings. The van der Waals surface area contributed by atoms with E-state index in [1.165, 1.54) is 34.6 Å². The molecule has 0 radical (unpaired) electrons. The van der Waals surface area contributed by atoms with E-state index in [-0.39, 0.29) is 82.8 Å². The zero-order valence-electron chi connectivity index (χ0n) is 67.0. The maximum absolute atomic E-state index is 15.5. The van der Waals surface area contributed by atoms with Crippen LogP contribution in [-0.4, -0.2) is 273 Å². The highest BCUT2D eigenvalue weighted by molar-refractivity contribution is 6.00. The van der Waals surface area contributed by atoms with Gasteiger partial charge in [-0.15, -0.1) is 0 Å². The summed E-state index contributed by atoms with van der Waals surface area (Å²) in [6, 6.07) is -20.3. The summed E-state index contributed by atoms with van der Waals surface area (Å²) >= 11 is 0. The Morgan fingerprint density at radius 3 is 1.79 bits per heavy atom. The second-order valence-electron chi connectivity index (χ2n) is 30.5. The van der Waals surface area contributed by atoms with Gasteiger partial charge in [-0.25, -0.2) is 4.79 Å². The number of aliphatic hydroxyl groups is 4. The molecule has 2 aliphatic heterocycles. The van der Waals surface area contributed by atoms with Gasteiger partial charge in [-0.1, -0.05) is 82.6 Å². The topological polar surface area (TPSA) is 632 Å². The highest BCUT2D eigenvalue weighted by atomic mass is 16.5. The highest BCUT2D eigenvalue weighted by Crippen LogP contribution is 2.28. The molecule has 0 aromatic carbocycles. The number of carboxylic acid groups (broad SMARTS) is 2. The molecule has 0 saturated carbocycles. The Hall–Kier alpha value is -8.76. The number of hydrogen-bond donors (Lipinski definition) is 19. The monoisotopic (exact) mass is 1600 g/mol. The molecule has 39 heteroatoms. The van der Waals surface area contributed by atoms with E-state index in [1.807, 2.05) is 13.8 Å². The lowest BCUT2D eigenvalue weighted by Gasteiger charge is -2.39. The maximum Gasteiger partial charge on any atom is 0.329 e. The van der Waals surface area contributed by atoms with Gasteiger partial charge >= 0.3 is 17.9 Å². The molecule has 2 saturated heterocycles. The summed E-state index contributed by atoms with van der Waals surface area (Å²) in [5, 5.41) is 87.8. The zero-order valence-corrected chi connectivity index (χ0v) is 67.0. The number of piperidine rings is 1. The fourth-order valence-corrected chi connectivity index (χ4v) is 13.1. The van der Waals surface area contributed by atoms with Crippen molar-refractivity contribution in [2.24, 2.45) is 70.3 Å². The molecule has 22 atom stereocenters. The summed E-state index contributed by atoms with van der Waals surface area (Å²) in [5.41, 5.74) is 23.0. The standard InChI is InChI=1S/C73H127N15O24/c1-15-36(6)31-37(7)57(95)41(11)62(99)79-44(20-18-27-74)63(100)78-43(23-26-52(91)92)58(96)59(97)70(107)84-54(39(9)40(10)61(77)98)67(104)86-56-60(38(8)35(4)5)112-73(110)50-22-16-17-29-88(50)72(109)47(32-53(93)94)82-68(105)55(42(12)111-14)85-66(103)49(24-25-51(76)90)87(13)71(108)46(30-34(2)3)81-64(101)45(21-19-28-75)80-65(102)48(33-89)83-69(56)106/h34-50,54-60,89,95-97H,15-33,74-75H2,1-14H3,(H2,76,90)(H2,77,98)(H,78,100)(H,79,99)(H,80,102)(H,81,101)(H,82,105)(H,83,106)(H,84,107)(H,85,103)(H,86,104)(H,91,92)(H,93,94)/t36-,37-,38-,39+,40-,41-,42-,43+,44-,45-,46+,47-,48-,49+,50+,54?,55+,56?,57-,58-,59-,60-/m1/s1. The van der Waals surface area contributed by atoms with Crippen molar-refractivity contribution >= 4 is 94.7 Å². The number of esters is 1. The van der Waals surface area contributed by atoms with Crippen molar-refractivity contribution in [2.45, 2.75) is 276 Å². The Morgan fingerprint density at radius 2 is 1.24 bits per heavy atom. The van der Waals surface area contributed by atoms with Crippen molar-refractivity contribution in [2.75, 3.05) is 40.4 Å². The SMILES string of the molecule is CC[C@@H](C)C[C@@H](C)[C@@H](O)[C@@H](C)C(=O)N[C@H](CCCN)C(=O)N[C@@H](CCC(=O)O)[C@@H](O)[C@@H](O)C(=O)NC(C(=O)NC1C(=O)N[C@H](CO)C(=O)N[C@H](CCCN)C(=O)N[C@@H](CC(C)C)C(=O)N(C)[C@@H](CCC(N)=O)C(=O)N[C@@H]([C@@H](C)OC)C(=O)N[C@H](CC(=O)O)C(=O)N2CCCC[C@H]2C(=O)O[C@@H]1[C@H](C)C(C)C)[C@@H](C)[C@@H](C)C(N)=O. The van der Waals surface area contributed by atoms with E-state index in [1.54, 1.807) is 34.6 Å². The van der Waals surface area contributed by atoms with Gasteiger partial charge in [-0.2, -0.15) is 0 Å².